The van der Waals surface area contributed by atoms with Crippen molar-refractivity contribution >= 4 is 28.5 Å². The van der Waals surface area contributed by atoms with Gasteiger partial charge in [0.25, 0.3) is 0 Å². The Morgan fingerprint density at radius 3 is 2.58 bits per heavy atom. The van der Waals surface area contributed by atoms with Crippen molar-refractivity contribution in [3.05, 3.63) is 90.4 Å². The van der Waals surface area contributed by atoms with Gasteiger partial charge in [-0.05, 0) is 41.8 Å². The van der Waals surface area contributed by atoms with Gasteiger partial charge in [-0.3, -0.25) is 4.68 Å². The molecule has 5 aromatic rings. The number of ether oxygens (including phenoxy) is 2. The Morgan fingerprint density at radius 1 is 0.889 bits per heavy atom. The van der Waals surface area contributed by atoms with Gasteiger partial charge >= 0.3 is 0 Å². The number of aromatic nitrogens is 5. The summed E-state index contributed by atoms with van der Waals surface area (Å²) < 4.78 is 12.9. The lowest BCUT2D eigenvalue weighted by Gasteiger charge is -2.13. The van der Waals surface area contributed by atoms with Gasteiger partial charge in [0.15, 0.2) is 11.5 Å². The molecule has 0 aliphatic heterocycles. The van der Waals surface area contributed by atoms with E-state index in [-0.39, 0.29) is 0 Å². The minimum Gasteiger partial charge on any atom is -0.493 e. The number of para-hydroxylation sites is 1. The largest absolute Gasteiger partial charge is 0.493 e. The predicted octanol–water partition coefficient (Wildman–Crippen LogP) is 4.69. The van der Waals surface area contributed by atoms with Gasteiger partial charge in [0.05, 0.1) is 32.5 Å². The molecule has 0 amide bonds. The molecule has 0 spiro atoms. The third kappa shape index (κ3) is 5.20. The fourth-order valence-corrected chi connectivity index (χ4v) is 4.08. The van der Waals surface area contributed by atoms with E-state index in [4.69, 9.17) is 9.47 Å². The molecule has 0 radical (unpaired) electrons. The molecule has 0 atom stereocenters. The second-order valence-corrected chi connectivity index (χ2v) is 8.15. The van der Waals surface area contributed by atoms with Crippen LogP contribution in [0.3, 0.4) is 0 Å². The van der Waals surface area contributed by atoms with Crippen LogP contribution in [-0.2, 0) is 13.0 Å². The summed E-state index contributed by atoms with van der Waals surface area (Å²) >= 11 is 0. The summed E-state index contributed by atoms with van der Waals surface area (Å²) in [6, 6.07) is 22.2. The monoisotopic (exact) mass is 481 g/mol. The topological polar surface area (TPSA) is 99.0 Å². The maximum Gasteiger partial charge on any atom is 0.231 e. The normalized spacial score (nSPS) is 10.8. The molecule has 0 saturated carbocycles. The van der Waals surface area contributed by atoms with Crippen LogP contribution >= 0.6 is 0 Å². The molecular weight excluding hydrogens is 454 g/mol. The van der Waals surface area contributed by atoms with Crippen molar-refractivity contribution in [3.63, 3.8) is 0 Å². The highest BCUT2D eigenvalue weighted by Gasteiger charge is 2.10. The maximum absolute atomic E-state index is 5.51. The Bertz CT molecular complexity index is 1450. The predicted molar refractivity (Wildman–Crippen MR) is 140 cm³/mol. The van der Waals surface area contributed by atoms with Crippen molar-refractivity contribution in [1.82, 2.24) is 24.7 Å². The van der Waals surface area contributed by atoms with Crippen molar-refractivity contribution in [2.45, 2.75) is 13.0 Å². The number of methoxy groups -OCH3 is 2. The van der Waals surface area contributed by atoms with Crippen LogP contribution in [0.5, 0.6) is 11.5 Å². The second-order valence-electron chi connectivity index (χ2n) is 8.15. The zero-order valence-corrected chi connectivity index (χ0v) is 20.2. The summed E-state index contributed by atoms with van der Waals surface area (Å²) in [6.45, 7) is 1.35. The Labute approximate surface area is 209 Å². The summed E-state index contributed by atoms with van der Waals surface area (Å²) in [5.74, 6) is 2.40. The van der Waals surface area contributed by atoms with Gasteiger partial charge in [-0.25, -0.2) is 9.97 Å². The van der Waals surface area contributed by atoms with Crippen molar-refractivity contribution in [2.75, 3.05) is 31.4 Å². The molecule has 2 N–H and O–H groups in total. The van der Waals surface area contributed by atoms with E-state index in [1.54, 1.807) is 14.2 Å². The first-order valence-corrected chi connectivity index (χ1v) is 11.6. The third-order valence-electron chi connectivity index (χ3n) is 5.81. The summed E-state index contributed by atoms with van der Waals surface area (Å²) in [6.07, 6.45) is 4.08. The SMILES string of the molecule is COc1cccc(CCNc2ncnc(Nc3ccc4c(cnn4Cc4ccccc4)c3)n2)c1OC. The molecule has 0 unspecified atom stereocenters. The molecule has 9 heteroatoms. The number of nitrogens with zero attached hydrogens (tertiary/aromatic N) is 5. The Kier molecular flexibility index (Phi) is 6.88. The second kappa shape index (κ2) is 10.7. The molecule has 0 bridgehead atoms. The van der Waals surface area contributed by atoms with Gasteiger partial charge in [-0.15, -0.1) is 0 Å². The summed E-state index contributed by atoms with van der Waals surface area (Å²) in [4.78, 5) is 13.0. The van der Waals surface area contributed by atoms with Crippen molar-refractivity contribution < 1.29 is 9.47 Å². The lowest BCUT2D eigenvalue weighted by atomic mass is 10.1. The highest BCUT2D eigenvalue weighted by atomic mass is 16.5. The number of anilines is 3. The van der Waals surface area contributed by atoms with Gasteiger partial charge in [0.2, 0.25) is 11.9 Å². The Balaban J connectivity index is 1.23. The number of nitrogens with one attached hydrogen (secondary N) is 2. The first kappa shape index (κ1) is 23.1. The van der Waals surface area contributed by atoms with E-state index in [0.717, 1.165) is 40.9 Å². The maximum atomic E-state index is 5.51. The number of hydrogen-bond acceptors (Lipinski definition) is 8. The van der Waals surface area contributed by atoms with Gasteiger partial charge in [0.1, 0.15) is 6.33 Å². The van der Waals surface area contributed by atoms with E-state index in [1.165, 1.54) is 11.9 Å². The minimum absolute atomic E-state index is 0.461. The quantitative estimate of drug-likeness (QED) is 0.297. The van der Waals surface area contributed by atoms with Crippen LogP contribution < -0.4 is 20.1 Å². The van der Waals surface area contributed by atoms with Crippen LogP contribution in [0.4, 0.5) is 17.6 Å². The molecule has 182 valence electrons. The molecule has 9 nitrogen and oxygen atoms in total. The van der Waals surface area contributed by atoms with E-state index in [2.05, 4.69) is 48.9 Å². The standard InChI is InChI=1S/C27H27N7O2/c1-35-24-10-6-9-20(25(24)36-2)13-14-28-26-29-18-30-27(33-26)32-22-11-12-23-21(15-22)16-31-34(23)17-19-7-4-3-5-8-19/h3-12,15-16,18H,13-14,17H2,1-2H3,(H2,28,29,30,32,33). The van der Waals surface area contributed by atoms with Crippen LogP contribution in [-0.4, -0.2) is 45.5 Å². The first-order valence-electron chi connectivity index (χ1n) is 11.6. The summed E-state index contributed by atoms with van der Waals surface area (Å²) in [7, 11) is 3.28. The Hall–Kier alpha value is -4.66. The van der Waals surface area contributed by atoms with Gasteiger partial charge in [-0.1, -0.05) is 42.5 Å². The molecule has 2 aromatic heterocycles. The average molecular weight is 482 g/mol. The van der Waals surface area contributed by atoms with Crippen molar-refractivity contribution in [2.24, 2.45) is 0 Å². The van der Waals surface area contributed by atoms with Gasteiger partial charge in [-0.2, -0.15) is 10.1 Å². The van der Waals surface area contributed by atoms with Crippen LogP contribution in [0.1, 0.15) is 11.1 Å². The number of rotatable bonds is 10. The minimum atomic E-state index is 0.461. The lowest BCUT2D eigenvalue weighted by Crippen LogP contribution is -2.10. The van der Waals surface area contributed by atoms with Crippen LogP contribution in [0.2, 0.25) is 0 Å². The first-order chi connectivity index (χ1) is 17.7. The van der Waals surface area contributed by atoms with E-state index >= 15 is 0 Å². The zero-order chi connectivity index (χ0) is 24.7. The van der Waals surface area contributed by atoms with Crippen LogP contribution in [0.25, 0.3) is 10.9 Å². The van der Waals surface area contributed by atoms with E-state index in [1.807, 2.05) is 59.4 Å². The van der Waals surface area contributed by atoms with Crippen molar-refractivity contribution in [1.29, 1.82) is 0 Å². The van der Waals surface area contributed by atoms with Crippen LogP contribution in [0, 0.1) is 0 Å². The van der Waals surface area contributed by atoms with Gasteiger partial charge < -0.3 is 20.1 Å². The molecular formula is C27H27N7O2. The molecule has 0 aliphatic carbocycles. The van der Waals surface area contributed by atoms with Gasteiger partial charge in [0, 0.05) is 17.6 Å². The molecule has 0 aliphatic rings. The smallest absolute Gasteiger partial charge is 0.231 e. The summed E-state index contributed by atoms with van der Waals surface area (Å²) in [5.41, 5.74) is 4.19. The average Bonchev–Trinajstić information content (AvgIpc) is 3.31. The van der Waals surface area contributed by atoms with E-state index in [0.29, 0.717) is 24.2 Å². The molecule has 36 heavy (non-hydrogen) atoms. The lowest BCUT2D eigenvalue weighted by molar-refractivity contribution is 0.352. The molecule has 3 aromatic carbocycles. The molecule has 0 saturated heterocycles. The van der Waals surface area contributed by atoms with E-state index in [9.17, 15) is 0 Å². The fraction of sp³-hybridized carbons (Fsp3) is 0.185. The number of benzene rings is 3. The number of fused-ring (bicyclic) bond motifs is 1. The molecule has 2 heterocycles. The van der Waals surface area contributed by atoms with Crippen molar-refractivity contribution in [3.8, 4) is 11.5 Å². The number of hydrogen-bond donors (Lipinski definition) is 2. The highest BCUT2D eigenvalue weighted by Crippen LogP contribution is 2.31. The molecule has 0 fully saturated rings. The zero-order valence-electron chi connectivity index (χ0n) is 20.2. The fourth-order valence-electron chi connectivity index (χ4n) is 4.08. The molecule has 5 rings (SSSR count). The summed E-state index contributed by atoms with van der Waals surface area (Å²) in [5, 5.41) is 12.1. The van der Waals surface area contributed by atoms with E-state index < -0.39 is 0 Å². The Morgan fingerprint density at radius 2 is 1.75 bits per heavy atom. The third-order valence-corrected chi connectivity index (χ3v) is 5.81. The highest BCUT2D eigenvalue weighted by molar-refractivity contribution is 5.83. The van der Waals surface area contributed by atoms with Crippen LogP contribution in [0.15, 0.2) is 79.3 Å².